The first-order valence-corrected chi connectivity index (χ1v) is 6.87. The second kappa shape index (κ2) is 9.95. The van der Waals surface area contributed by atoms with Crippen LogP contribution in [0.15, 0.2) is 61.2 Å². The van der Waals surface area contributed by atoms with Crippen molar-refractivity contribution in [1.82, 2.24) is 0 Å². The van der Waals surface area contributed by atoms with Crippen LogP contribution < -0.4 is 5.73 Å². The lowest BCUT2D eigenvalue weighted by Gasteiger charge is -2.06. The average molecular weight is 255 g/mol. The van der Waals surface area contributed by atoms with Gasteiger partial charge in [-0.3, -0.25) is 0 Å². The normalized spacial score (nSPS) is 8.42. The summed E-state index contributed by atoms with van der Waals surface area (Å²) >= 11 is 0. The molecule has 0 aromatic heterocycles. The van der Waals surface area contributed by atoms with Crippen molar-refractivity contribution in [3.63, 3.8) is 0 Å². The minimum absolute atomic E-state index is 0.777. The van der Waals surface area contributed by atoms with Crippen LogP contribution in [0.4, 0.5) is 5.69 Å². The van der Waals surface area contributed by atoms with Gasteiger partial charge in [-0.1, -0.05) is 76.7 Å². The number of nitrogens with two attached hydrogens (primary N) is 1. The van der Waals surface area contributed by atoms with Gasteiger partial charge in [-0.25, -0.2) is 0 Å². The molecule has 2 aromatic rings. The van der Waals surface area contributed by atoms with Crippen molar-refractivity contribution in [2.45, 2.75) is 27.7 Å². The van der Waals surface area contributed by atoms with E-state index in [2.05, 4.69) is 18.7 Å². The number of nitrogen functional groups attached to an aromatic ring is 1. The Kier molecular flexibility index (Phi) is 8.90. The first-order chi connectivity index (χ1) is 9.27. The summed E-state index contributed by atoms with van der Waals surface area (Å²) in [6.45, 7) is 12.1. The van der Waals surface area contributed by atoms with Crippen molar-refractivity contribution < 1.29 is 0 Å². The molecule has 0 radical (unpaired) electrons. The van der Waals surface area contributed by atoms with Crippen LogP contribution in [0.3, 0.4) is 0 Å². The molecule has 2 aromatic carbocycles. The van der Waals surface area contributed by atoms with E-state index in [1.807, 2.05) is 70.2 Å². The van der Waals surface area contributed by atoms with E-state index in [4.69, 9.17) is 5.73 Å². The van der Waals surface area contributed by atoms with Gasteiger partial charge in [0.05, 0.1) is 0 Å². The van der Waals surface area contributed by atoms with Crippen LogP contribution in [0, 0.1) is 0 Å². The van der Waals surface area contributed by atoms with Gasteiger partial charge >= 0.3 is 0 Å². The van der Waals surface area contributed by atoms with Gasteiger partial charge in [0.25, 0.3) is 0 Å². The highest BCUT2D eigenvalue weighted by molar-refractivity contribution is 5.78. The van der Waals surface area contributed by atoms with Crippen LogP contribution in [-0.4, -0.2) is 0 Å². The molecule has 0 fully saturated rings. The second-order valence-electron chi connectivity index (χ2n) is 3.47. The monoisotopic (exact) mass is 255 g/mol. The van der Waals surface area contributed by atoms with E-state index in [1.165, 1.54) is 0 Å². The SMILES string of the molecule is C=C(c1ccccc1)c1ccc(N)cc1.CC.CC. The predicted octanol–water partition coefficient (Wildman–Crippen LogP) is 5.38. The summed E-state index contributed by atoms with van der Waals surface area (Å²) in [6, 6.07) is 17.9. The van der Waals surface area contributed by atoms with Crippen LogP contribution in [-0.2, 0) is 0 Å². The van der Waals surface area contributed by atoms with Crippen molar-refractivity contribution in [3.8, 4) is 0 Å². The number of rotatable bonds is 2. The van der Waals surface area contributed by atoms with E-state index >= 15 is 0 Å². The van der Waals surface area contributed by atoms with E-state index in [0.717, 1.165) is 22.4 Å². The minimum atomic E-state index is 0.777. The zero-order valence-electron chi connectivity index (χ0n) is 12.5. The van der Waals surface area contributed by atoms with Gasteiger partial charge in [-0.15, -0.1) is 0 Å². The van der Waals surface area contributed by atoms with Crippen LogP contribution in [0.25, 0.3) is 5.57 Å². The first-order valence-electron chi connectivity index (χ1n) is 6.87. The molecule has 102 valence electrons. The molecule has 0 heterocycles. The summed E-state index contributed by atoms with van der Waals surface area (Å²) in [7, 11) is 0. The van der Waals surface area contributed by atoms with E-state index in [9.17, 15) is 0 Å². The van der Waals surface area contributed by atoms with Crippen LogP contribution in [0.1, 0.15) is 38.8 Å². The van der Waals surface area contributed by atoms with Gasteiger partial charge < -0.3 is 5.73 Å². The van der Waals surface area contributed by atoms with Gasteiger partial charge in [-0.05, 0) is 28.8 Å². The number of hydrogen-bond acceptors (Lipinski definition) is 1. The molecule has 0 aliphatic rings. The van der Waals surface area contributed by atoms with E-state index in [0.29, 0.717) is 0 Å². The molecule has 2 N–H and O–H groups in total. The molecule has 0 saturated carbocycles. The standard InChI is InChI=1S/C14H13N.2C2H6/c1-11(12-5-3-2-4-6-12)13-7-9-14(15)10-8-13;2*1-2/h2-10H,1,15H2;2*1-2H3. The molecule has 0 amide bonds. The summed E-state index contributed by atoms with van der Waals surface area (Å²) in [6.07, 6.45) is 0. The van der Waals surface area contributed by atoms with Gasteiger partial charge in [0, 0.05) is 5.69 Å². The summed E-state index contributed by atoms with van der Waals surface area (Å²) in [4.78, 5) is 0. The summed E-state index contributed by atoms with van der Waals surface area (Å²) in [5, 5.41) is 0. The van der Waals surface area contributed by atoms with Crippen LogP contribution >= 0.6 is 0 Å². The van der Waals surface area contributed by atoms with Crippen LogP contribution in [0.2, 0.25) is 0 Å². The third-order valence-corrected chi connectivity index (χ3v) is 2.38. The Bertz CT molecular complexity index is 455. The fraction of sp³-hybridized carbons (Fsp3) is 0.222. The molecule has 0 aliphatic carbocycles. The van der Waals surface area contributed by atoms with Gasteiger partial charge in [-0.2, -0.15) is 0 Å². The van der Waals surface area contributed by atoms with Crippen molar-refractivity contribution >= 4 is 11.3 Å². The number of anilines is 1. The molecule has 0 saturated heterocycles. The first kappa shape index (κ1) is 17.0. The second-order valence-corrected chi connectivity index (χ2v) is 3.47. The molecule has 1 nitrogen and oxygen atoms in total. The lowest BCUT2D eigenvalue weighted by atomic mass is 10.00. The van der Waals surface area contributed by atoms with Crippen molar-refractivity contribution in [3.05, 3.63) is 72.3 Å². The molecule has 2 rings (SSSR count). The Balaban J connectivity index is 0.000000741. The quantitative estimate of drug-likeness (QED) is 0.716. The van der Waals surface area contributed by atoms with E-state index in [-0.39, 0.29) is 0 Å². The van der Waals surface area contributed by atoms with Gasteiger partial charge in [0.2, 0.25) is 0 Å². The Morgan fingerprint density at radius 2 is 1.16 bits per heavy atom. The molecule has 0 unspecified atom stereocenters. The molecular weight excluding hydrogens is 230 g/mol. The van der Waals surface area contributed by atoms with Gasteiger partial charge in [0.1, 0.15) is 0 Å². The molecule has 1 heteroatoms. The molecule has 0 spiro atoms. The lowest BCUT2D eigenvalue weighted by molar-refractivity contribution is 1.50. The molecule has 0 aliphatic heterocycles. The zero-order chi connectivity index (χ0) is 14.7. The molecular formula is C18H25N. The number of hydrogen-bond donors (Lipinski definition) is 1. The Hall–Kier alpha value is -2.02. The fourth-order valence-corrected chi connectivity index (χ4v) is 1.49. The smallest absolute Gasteiger partial charge is 0.0314 e. The highest BCUT2D eigenvalue weighted by Crippen LogP contribution is 2.21. The fourth-order valence-electron chi connectivity index (χ4n) is 1.49. The lowest BCUT2D eigenvalue weighted by Crippen LogP contribution is -1.88. The largest absolute Gasteiger partial charge is 0.399 e. The summed E-state index contributed by atoms with van der Waals surface area (Å²) in [5.41, 5.74) is 9.68. The zero-order valence-corrected chi connectivity index (χ0v) is 12.5. The maximum atomic E-state index is 5.64. The molecule has 0 atom stereocenters. The maximum absolute atomic E-state index is 5.64. The number of benzene rings is 2. The molecule has 0 bridgehead atoms. The van der Waals surface area contributed by atoms with Gasteiger partial charge in [0.15, 0.2) is 0 Å². The third-order valence-electron chi connectivity index (χ3n) is 2.38. The van der Waals surface area contributed by atoms with Crippen molar-refractivity contribution in [2.75, 3.05) is 5.73 Å². The maximum Gasteiger partial charge on any atom is 0.0314 e. The highest BCUT2D eigenvalue weighted by Gasteiger charge is 2.00. The average Bonchev–Trinajstić information content (AvgIpc) is 2.52. The Labute approximate surface area is 117 Å². The predicted molar refractivity (Wildman–Crippen MR) is 88.1 cm³/mol. The molecule has 19 heavy (non-hydrogen) atoms. The Morgan fingerprint density at radius 1 is 0.737 bits per heavy atom. The van der Waals surface area contributed by atoms with Crippen molar-refractivity contribution in [2.24, 2.45) is 0 Å². The van der Waals surface area contributed by atoms with Crippen LogP contribution in [0.5, 0.6) is 0 Å². The third kappa shape index (κ3) is 5.43. The van der Waals surface area contributed by atoms with Crippen molar-refractivity contribution in [1.29, 1.82) is 0 Å². The van der Waals surface area contributed by atoms with E-state index < -0.39 is 0 Å². The highest BCUT2D eigenvalue weighted by atomic mass is 14.5. The summed E-state index contributed by atoms with van der Waals surface area (Å²) < 4.78 is 0. The summed E-state index contributed by atoms with van der Waals surface area (Å²) in [5.74, 6) is 0. The van der Waals surface area contributed by atoms with E-state index in [1.54, 1.807) is 0 Å². The minimum Gasteiger partial charge on any atom is -0.399 e. The topological polar surface area (TPSA) is 26.0 Å². The Morgan fingerprint density at radius 3 is 1.63 bits per heavy atom.